The Morgan fingerprint density at radius 1 is 0.976 bits per heavy atom. The van der Waals surface area contributed by atoms with E-state index in [4.69, 9.17) is 16.3 Å². The number of thiophene rings is 1. The summed E-state index contributed by atoms with van der Waals surface area (Å²) in [6, 6.07) is 26.4. The van der Waals surface area contributed by atoms with Gasteiger partial charge in [-0.1, -0.05) is 41.9 Å². The first kappa shape index (κ1) is 27.0. The van der Waals surface area contributed by atoms with Gasteiger partial charge in [0.2, 0.25) is 0 Å². The fourth-order valence-electron chi connectivity index (χ4n) is 4.81. The molecular formula is C31H28ClN5O3S. The second-order valence-electron chi connectivity index (χ2n) is 9.68. The number of morpholine rings is 1. The van der Waals surface area contributed by atoms with Crippen LogP contribution in [0.5, 0.6) is 0 Å². The number of rotatable bonds is 8. The number of carbonyl (C=O) groups excluding carboxylic acids is 1. The number of aromatic nitrogens is 3. The van der Waals surface area contributed by atoms with Crippen molar-refractivity contribution in [2.45, 2.75) is 13.1 Å². The van der Waals surface area contributed by atoms with Gasteiger partial charge in [-0.3, -0.25) is 9.59 Å². The zero-order chi connectivity index (χ0) is 28.2. The van der Waals surface area contributed by atoms with Gasteiger partial charge in [0.05, 0.1) is 36.2 Å². The van der Waals surface area contributed by atoms with Crippen LogP contribution < -0.4 is 15.8 Å². The number of benzene rings is 2. The van der Waals surface area contributed by atoms with Crippen molar-refractivity contribution in [1.29, 1.82) is 0 Å². The summed E-state index contributed by atoms with van der Waals surface area (Å²) >= 11 is 7.58. The molecule has 0 atom stereocenters. The number of nitrogens with zero attached hydrogens (tertiary/aromatic N) is 4. The lowest BCUT2D eigenvalue weighted by molar-refractivity contribution is 0.0947. The second-order valence-corrected chi connectivity index (χ2v) is 11.5. The summed E-state index contributed by atoms with van der Waals surface area (Å²) in [5.41, 5.74) is 3.21. The van der Waals surface area contributed by atoms with Gasteiger partial charge in [-0.05, 0) is 54.1 Å². The van der Waals surface area contributed by atoms with Crippen LogP contribution in [0.1, 0.15) is 20.8 Å². The van der Waals surface area contributed by atoms with Crippen molar-refractivity contribution in [1.82, 2.24) is 14.3 Å². The van der Waals surface area contributed by atoms with Crippen LogP contribution in [0.15, 0.2) is 95.9 Å². The highest BCUT2D eigenvalue weighted by Gasteiger charge is 2.20. The Morgan fingerprint density at radius 3 is 2.49 bits per heavy atom. The molecule has 0 aliphatic carbocycles. The van der Waals surface area contributed by atoms with Crippen LogP contribution in [-0.2, 0) is 17.8 Å². The molecule has 8 nitrogen and oxygen atoms in total. The van der Waals surface area contributed by atoms with E-state index in [1.807, 2.05) is 72.8 Å². The topological polar surface area (TPSA) is 81.4 Å². The number of halogens is 1. The first-order chi connectivity index (χ1) is 20.0. The van der Waals surface area contributed by atoms with Crippen molar-refractivity contribution < 1.29 is 9.53 Å². The first-order valence-electron chi connectivity index (χ1n) is 13.3. The van der Waals surface area contributed by atoms with Crippen molar-refractivity contribution >= 4 is 40.4 Å². The number of hydrogen-bond donors (Lipinski definition) is 1. The maximum Gasteiger partial charge on any atom is 0.280 e. The number of nitrogens with one attached hydrogen (secondary N) is 1. The summed E-state index contributed by atoms with van der Waals surface area (Å²) in [4.78, 5) is 30.5. The van der Waals surface area contributed by atoms with Crippen LogP contribution in [0.25, 0.3) is 11.3 Å². The van der Waals surface area contributed by atoms with Crippen LogP contribution in [-0.4, -0.2) is 46.6 Å². The summed E-state index contributed by atoms with van der Waals surface area (Å²) in [5, 5.41) is 7.96. The van der Waals surface area contributed by atoms with Gasteiger partial charge in [0.25, 0.3) is 11.5 Å². The Bertz CT molecular complexity index is 1710. The fourth-order valence-corrected chi connectivity index (χ4v) is 5.84. The number of hydrogen-bond acceptors (Lipinski definition) is 7. The third-order valence-corrected chi connectivity index (χ3v) is 8.19. The lowest BCUT2D eigenvalue weighted by atomic mass is 10.1. The quantitative estimate of drug-likeness (QED) is 0.255. The molecule has 1 aliphatic heterocycles. The predicted octanol–water partition coefficient (Wildman–Crippen LogP) is 5.61. The standard InChI is InChI=1S/C31H28ClN5O3S/c32-28-13-12-25(41-28)20-33-29-19-27(26-7-4-14-36(31(26)39)21-22-5-2-1-3-6-22)34-37(29)30(38)23-8-10-24(11-9-23)35-15-17-40-18-16-35/h1-14,19,33H,15-18,20-21H2. The third-order valence-electron chi connectivity index (χ3n) is 6.96. The largest absolute Gasteiger partial charge is 0.378 e. The molecule has 5 aromatic rings. The number of anilines is 2. The van der Waals surface area contributed by atoms with Crippen LogP contribution in [0.4, 0.5) is 11.5 Å². The molecule has 2 aromatic carbocycles. The average Bonchev–Trinajstić information content (AvgIpc) is 3.64. The molecule has 10 heteroatoms. The lowest BCUT2D eigenvalue weighted by Crippen LogP contribution is -2.36. The Morgan fingerprint density at radius 2 is 1.76 bits per heavy atom. The molecule has 3 aromatic heterocycles. The maximum atomic E-state index is 13.7. The highest BCUT2D eigenvalue weighted by Crippen LogP contribution is 2.25. The van der Waals surface area contributed by atoms with E-state index in [-0.39, 0.29) is 11.5 Å². The minimum Gasteiger partial charge on any atom is -0.378 e. The zero-order valence-electron chi connectivity index (χ0n) is 22.2. The molecule has 0 bridgehead atoms. The predicted molar refractivity (Wildman–Crippen MR) is 163 cm³/mol. The van der Waals surface area contributed by atoms with Crippen molar-refractivity contribution in [3.05, 3.63) is 122 Å². The summed E-state index contributed by atoms with van der Waals surface area (Å²) in [6.45, 7) is 3.90. The molecule has 6 rings (SSSR count). The Kier molecular flexibility index (Phi) is 8.00. The minimum absolute atomic E-state index is 0.181. The molecule has 1 fully saturated rings. The van der Waals surface area contributed by atoms with Gasteiger partial charge in [-0.25, -0.2) is 0 Å². The van der Waals surface area contributed by atoms with Gasteiger partial charge in [0.15, 0.2) is 0 Å². The molecule has 0 spiro atoms. The SMILES string of the molecule is O=C(c1ccc(N2CCOCC2)cc1)n1nc(-c2cccn(Cc3ccccc3)c2=O)cc1NCc1ccc(Cl)s1. The van der Waals surface area contributed by atoms with E-state index in [0.29, 0.717) is 53.3 Å². The molecule has 4 heterocycles. The van der Waals surface area contributed by atoms with E-state index in [2.05, 4.69) is 15.3 Å². The minimum atomic E-state index is -0.294. The van der Waals surface area contributed by atoms with Crippen molar-refractivity contribution in [2.24, 2.45) is 0 Å². The van der Waals surface area contributed by atoms with Gasteiger partial charge in [0, 0.05) is 41.5 Å². The highest BCUT2D eigenvalue weighted by molar-refractivity contribution is 7.16. The van der Waals surface area contributed by atoms with Crippen molar-refractivity contribution in [3.8, 4) is 11.3 Å². The summed E-state index contributed by atoms with van der Waals surface area (Å²) in [7, 11) is 0. The summed E-state index contributed by atoms with van der Waals surface area (Å²) in [5.74, 6) is 0.196. The van der Waals surface area contributed by atoms with E-state index >= 15 is 0 Å². The van der Waals surface area contributed by atoms with Crippen LogP contribution in [0.3, 0.4) is 0 Å². The van der Waals surface area contributed by atoms with E-state index < -0.39 is 0 Å². The molecule has 41 heavy (non-hydrogen) atoms. The molecule has 0 saturated carbocycles. The smallest absolute Gasteiger partial charge is 0.280 e. The first-order valence-corrected chi connectivity index (χ1v) is 14.5. The number of ether oxygens (including phenoxy) is 1. The van der Waals surface area contributed by atoms with Crippen molar-refractivity contribution in [2.75, 3.05) is 36.5 Å². The summed E-state index contributed by atoms with van der Waals surface area (Å²) in [6.07, 6.45) is 1.76. The summed E-state index contributed by atoms with van der Waals surface area (Å²) < 4.78 is 9.13. The van der Waals surface area contributed by atoms with Gasteiger partial charge < -0.3 is 19.5 Å². The highest BCUT2D eigenvalue weighted by atomic mass is 35.5. The molecule has 0 radical (unpaired) electrons. The van der Waals surface area contributed by atoms with Gasteiger partial charge >= 0.3 is 0 Å². The van der Waals surface area contributed by atoms with Crippen molar-refractivity contribution in [3.63, 3.8) is 0 Å². The Labute approximate surface area is 246 Å². The molecule has 1 saturated heterocycles. The average molecular weight is 586 g/mol. The normalized spacial score (nSPS) is 13.3. The van der Waals surface area contributed by atoms with Gasteiger partial charge in [0.1, 0.15) is 11.5 Å². The van der Waals surface area contributed by atoms with E-state index in [1.54, 1.807) is 22.9 Å². The number of carbonyl (C=O) groups is 1. The van der Waals surface area contributed by atoms with E-state index in [0.717, 1.165) is 29.2 Å². The molecule has 0 unspecified atom stereocenters. The third kappa shape index (κ3) is 6.12. The second kappa shape index (κ2) is 12.1. The molecular weight excluding hydrogens is 558 g/mol. The molecule has 0 amide bonds. The van der Waals surface area contributed by atoms with Gasteiger partial charge in [-0.2, -0.15) is 9.78 Å². The maximum absolute atomic E-state index is 13.7. The lowest BCUT2D eigenvalue weighted by Gasteiger charge is -2.28. The molecule has 1 N–H and O–H groups in total. The number of pyridine rings is 1. The zero-order valence-corrected chi connectivity index (χ0v) is 23.8. The van der Waals surface area contributed by atoms with Crippen LogP contribution in [0.2, 0.25) is 4.34 Å². The Balaban J connectivity index is 1.32. The van der Waals surface area contributed by atoms with E-state index in [9.17, 15) is 9.59 Å². The monoisotopic (exact) mass is 585 g/mol. The van der Waals surface area contributed by atoms with Crippen LogP contribution in [0, 0.1) is 0 Å². The molecule has 1 aliphatic rings. The van der Waals surface area contributed by atoms with Gasteiger partial charge in [-0.15, -0.1) is 11.3 Å². The van der Waals surface area contributed by atoms with Crippen LogP contribution >= 0.6 is 22.9 Å². The fraction of sp³-hybridized carbons (Fsp3) is 0.194. The Hall–Kier alpha value is -4.18. The molecule has 208 valence electrons. The van der Waals surface area contributed by atoms with E-state index in [1.165, 1.54) is 16.0 Å².